The van der Waals surface area contributed by atoms with Gasteiger partial charge in [0.2, 0.25) is 0 Å². The number of carboxylic acids is 1. The van der Waals surface area contributed by atoms with Crippen LogP contribution in [-0.2, 0) is 14.3 Å². The zero-order valence-corrected chi connectivity index (χ0v) is 10.2. The zero-order chi connectivity index (χ0) is 13.8. The second-order valence-corrected chi connectivity index (χ2v) is 4.26. The lowest BCUT2D eigenvalue weighted by atomic mass is 10.1. The summed E-state index contributed by atoms with van der Waals surface area (Å²) < 4.78 is 18.1. The monoisotopic (exact) mass is 267 g/mol. The van der Waals surface area contributed by atoms with Crippen molar-refractivity contribution in [3.63, 3.8) is 0 Å². The molecule has 0 bridgehead atoms. The maximum absolute atomic E-state index is 12.8. The van der Waals surface area contributed by atoms with E-state index in [-0.39, 0.29) is 24.6 Å². The highest BCUT2D eigenvalue weighted by atomic mass is 19.1. The molecule has 1 heterocycles. The van der Waals surface area contributed by atoms with Crippen LogP contribution in [-0.4, -0.2) is 36.2 Å². The van der Waals surface area contributed by atoms with Crippen LogP contribution in [0, 0.1) is 5.82 Å². The van der Waals surface area contributed by atoms with Crippen LogP contribution >= 0.6 is 0 Å². The van der Waals surface area contributed by atoms with Crippen LogP contribution < -0.4 is 4.90 Å². The first-order valence-electron chi connectivity index (χ1n) is 5.98. The SMILES string of the molecule is O=C(O)CCC1OCCN(c2ccc(F)cc2)C1=O. The van der Waals surface area contributed by atoms with Crippen LogP contribution in [0.25, 0.3) is 0 Å². The van der Waals surface area contributed by atoms with Gasteiger partial charge in [-0.25, -0.2) is 4.39 Å². The maximum atomic E-state index is 12.8. The average molecular weight is 267 g/mol. The fraction of sp³-hybridized carbons (Fsp3) is 0.385. The number of nitrogens with zero attached hydrogens (tertiary/aromatic N) is 1. The molecular weight excluding hydrogens is 253 g/mol. The number of morpholine rings is 1. The molecule has 102 valence electrons. The van der Waals surface area contributed by atoms with Crippen LogP contribution in [0.15, 0.2) is 24.3 Å². The average Bonchev–Trinajstić information content (AvgIpc) is 2.39. The summed E-state index contributed by atoms with van der Waals surface area (Å²) in [6.45, 7) is 0.724. The molecule has 1 aliphatic heterocycles. The Bertz CT molecular complexity index is 474. The number of rotatable bonds is 4. The number of carbonyl (C=O) groups is 2. The molecule has 0 spiro atoms. The Balaban J connectivity index is 2.07. The van der Waals surface area contributed by atoms with Gasteiger partial charge in [-0.2, -0.15) is 0 Å². The van der Waals surface area contributed by atoms with E-state index in [2.05, 4.69) is 0 Å². The molecule has 1 aromatic rings. The lowest BCUT2D eigenvalue weighted by Gasteiger charge is -2.32. The van der Waals surface area contributed by atoms with E-state index in [0.717, 1.165) is 0 Å². The number of hydrogen-bond donors (Lipinski definition) is 1. The molecule has 0 aliphatic carbocycles. The molecule has 1 unspecified atom stereocenters. The first-order valence-corrected chi connectivity index (χ1v) is 5.98. The Morgan fingerprint density at radius 3 is 2.74 bits per heavy atom. The van der Waals surface area contributed by atoms with E-state index in [0.29, 0.717) is 18.8 Å². The van der Waals surface area contributed by atoms with E-state index in [1.165, 1.54) is 29.2 Å². The molecule has 1 atom stereocenters. The van der Waals surface area contributed by atoms with Crippen molar-refractivity contribution in [2.45, 2.75) is 18.9 Å². The summed E-state index contributed by atoms with van der Waals surface area (Å²) in [5.74, 6) is -1.61. The summed E-state index contributed by atoms with van der Waals surface area (Å²) >= 11 is 0. The molecule has 19 heavy (non-hydrogen) atoms. The van der Waals surface area contributed by atoms with E-state index in [1.807, 2.05) is 0 Å². The quantitative estimate of drug-likeness (QED) is 0.896. The first kappa shape index (κ1) is 13.5. The summed E-state index contributed by atoms with van der Waals surface area (Å²) in [5.41, 5.74) is 0.593. The van der Waals surface area contributed by atoms with Crippen LogP contribution in [0.5, 0.6) is 0 Å². The molecular formula is C13H14FNO4. The Morgan fingerprint density at radius 2 is 2.11 bits per heavy atom. The standard InChI is InChI=1S/C13H14FNO4/c14-9-1-3-10(4-2-9)15-7-8-19-11(13(15)18)5-6-12(16)17/h1-4,11H,5-8H2,(H,16,17). The Labute approximate surface area is 109 Å². The third-order valence-corrected chi connectivity index (χ3v) is 2.93. The van der Waals surface area contributed by atoms with Crippen molar-refractivity contribution in [3.8, 4) is 0 Å². The van der Waals surface area contributed by atoms with Gasteiger partial charge in [0.25, 0.3) is 5.91 Å². The number of carboxylic acid groups (broad SMARTS) is 1. The fourth-order valence-electron chi connectivity index (χ4n) is 1.98. The number of carbonyl (C=O) groups excluding carboxylic acids is 1. The van der Waals surface area contributed by atoms with Gasteiger partial charge in [-0.3, -0.25) is 9.59 Å². The summed E-state index contributed by atoms with van der Waals surface area (Å²) in [6.07, 6.45) is -0.714. The zero-order valence-electron chi connectivity index (χ0n) is 10.2. The predicted molar refractivity (Wildman–Crippen MR) is 65.4 cm³/mol. The molecule has 0 radical (unpaired) electrons. The van der Waals surface area contributed by atoms with Gasteiger partial charge in [0.05, 0.1) is 6.61 Å². The van der Waals surface area contributed by atoms with Crippen molar-refractivity contribution < 1.29 is 23.8 Å². The van der Waals surface area contributed by atoms with Gasteiger partial charge in [0.15, 0.2) is 0 Å². The number of benzene rings is 1. The topological polar surface area (TPSA) is 66.8 Å². The summed E-state index contributed by atoms with van der Waals surface area (Å²) in [4.78, 5) is 24.1. The van der Waals surface area contributed by atoms with Crippen molar-refractivity contribution in [1.82, 2.24) is 0 Å². The number of hydrogen-bond acceptors (Lipinski definition) is 3. The molecule has 1 N–H and O–H groups in total. The molecule has 5 nitrogen and oxygen atoms in total. The van der Waals surface area contributed by atoms with Crippen molar-refractivity contribution in [2.24, 2.45) is 0 Å². The van der Waals surface area contributed by atoms with Gasteiger partial charge in [-0.1, -0.05) is 0 Å². The van der Waals surface area contributed by atoms with E-state index in [9.17, 15) is 14.0 Å². The lowest BCUT2D eigenvalue weighted by molar-refractivity contribution is -0.140. The first-order chi connectivity index (χ1) is 9.08. The van der Waals surface area contributed by atoms with E-state index >= 15 is 0 Å². The third-order valence-electron chi connectivity index (χ3n) is 2.93. The molecule has 6 heteroatoms. The number of ether oxygens (including phenoxy) is 1. The van der Waals surface area contributed by atoms with Crippen molar-refractivity contribution in [3.05, 3.63) is 30.1 Å². The van der Waals surface area contributed by atoms with Gasteiger partial charge >= 0.3 is 5.97 Å². The minimum Gasteiger partial charge on any atom is -0.481 e. The number of halogens is 1. The number of amides is 1. The van der Waals surface area contributed by atoms with Crippen LogP contribution in [0.2, 0.25) is 0 Å². The maximum Gasteiger partial charge on any atom is 0.303 e. The minimum atomic E-state index is -0.963. The molecule has 1 amide bonds. The lowest BCUT2D eigenvalue weighted by Crippen LogP contribution is -2.48. The second kappa shape index (κ2) is 5.79. The summed E-state index contributed by atoms with van der Waals surface area (Å²) in [7, 11) is 0. The Morgan fingerprint density at radius 1 is 1.42 bits per heavy atom. The molecule has 1 saturated heterocycles. The van der Waals surface area contributed by atoms with E-state index in [4.69, 9.17) is 9.84 Å². The molecule has 2 rings (SSSR count). The Hall–Kier alpha value is -1.95. The van der Waals surface area contributed by atoms with Gasteiger partial charge in [-0.05, 0) is 30.7 Å². The molecule has 0 aromatic heterocycles. The van der Waals surface area contributed by atoms with Crippen LogP contribution in [0.3, 0.4) is 0 Å². The highest BCUT2D eigenvalue weighted by Gasteiger charge is 2.30. The highest BCUT2D eigenvalue weighted by molar-refractivity contribution is 5.97. The second-order valence-electron chi connectivity index (χ2n) is 4.26. The van der Waals surface area contributed by atoms with Gasteiger partial charge in [0, 0.05) is 18.7 Å². The predicted octanol–water partition coefficient (Wildman–Crippen LogP) is 1.42. The molecule has 1 aliphatic rings. The van der Waals surface area contributed by atoms with Crippen LogP contribution in [0.4, 0.5) is 10.1 Å². The fourth-order valence-corrected chi connectivity index (χ4v) is 1.98. The van der Waals surface area contributed by atoms with Crippen LogP contribution in [0.1, 0.15) is 12.8 Å². The number of aliphatic carboxylic acids is 1. The minimum absolute atomic E-state index is 0.117. The van der Waals surface area contributed by atoms with E-state index < -0.39 is 12.1 Å². The van der Waals surface area contributed by atoms with Crippen molar-refractivity contribution in [1.29, 1.82) is 0 Å². The van der Waals surface area contributed by atoms with Gasteiger partial charge in [0.1, 0.15) is 11.9 Å². The third kappa shape index (κ3) is 3.29. The smallest absolute Gasteiger partial charge is 0.303 e. The molecule has 1 fully saturated rings. The van der Waals surface area contributed by atoms with E-state index in [1.54, 1.807) is 0 Å². The van der Waals surface area contributed by atoms with Gasteiger partial charge in [-0.15, -0.1) is 0 Å². The highest BCUT2D eigenvalue weighted by Crippen LogP contribution is 2.21. The summed E-state index contributed by atoms with van der Waals surface area (Å²) in [6, 6.07) is 5.61. The Kier molecular flexibility index (Phi) is 4.11. The summed E-state index contributed by atoms with van der Waals surface area (Å²) in [5, 5.41) is 8.62. The number of anilines is 1. The van der Waals surface area contributed by atoms with Crippen molar-refractivity contribution >= 4 is 17.6 Å². The largest absolute Gasteiger partial charge is 0.481 e. The van der Waals surface area contributed by atoms with Gasteiger partial charge < -0.3 is 14.7 Å². The van der Waals surface area contributed by atoms with Crippen molar-refractivity contribution in [2.75, 3.05) is 18.1 Å². The molecule has 0 saturated carbocycles. The molecule has 1 aromatic carbocycles. The normalized spacial score (nSPS) is 19.5.